The second-order valence-electron chi connectivity index (χ2n) is 3.83. The highest BCUT2D eigenvalue weighted by Crippen LogP contribution is 2.19. The fourth-order valence-corrected chi connectivity index (χ4v) is 1.42. The fraction of sp³-hybridized carbons (Fsp3) is 0.300. The fourth-order valence-electron chi connectivity index (χ4n) is 1.42. The van der Waals surface area contributed by atoms with Gasteiger partial charge in [-0.05, 0) is 18.9 Å². The minimum absolute atomic E-state index is 0.134. The molecular formula is C10H11BFNO3. The summed E-state index contributed by atoms with van der Waals surface area (Å²) in [5, 5.41) is 20.4. The molecule has 0 radical (unpaired) electrons. The maximum Gasteiger partial charge on any atom is 0.491 e. The van der Waals surface area contributed by atoms with Gasteiger partial charge in [0.05, 0.1) is 5.56 Å². The summed E-state index contributed by atoms with van der Waals surface area (Å²) < 4.78 is 13.7. The van der Waals surface area contributed by atoms with E-state index in [1.165, 1.54) is 18.2 Å². The number of carbonyl (C=O) groups excluding carboxylic acids is 1. The Morgan fingerprint density at radius 1 is 1.44 bits per heavy atom. The highest BCUT2D eigenvalue weighted by molar-refractivity contribution is 6.58. The maximum absolute atomic E-state index is 13.7. The predicted molar refractivity (Wildman–Crippen MR) is 56.7 cm³/mol. The van der Waals surface area contributed by atoms with Gasteiger partial charge in [0.2, 0.25) is 0 Å². The van der Waals surface area contributed by atoms with E-state index in [1.54, 1.807) is 0 Å². The molecule has 0 heterocycles. The van der Waals surface area contributed by atoms with Crippen molar-refractivity contribution in [2.75, 3.05) is 0 Å². The first-order valence-corrected chi connectivity index (χ1v) is 5.05. The standard InChI is InChI=1S/C10H11BFNO3/c12-9-7(10(14)13-6-4-5-6)2-1-3-8(9)11(15)16/h1-3,6,15-16H,4-5H2,(H,13,14). The van der Waals surface area contributed by atoms with Crippen LogP contribution in [0, 0.1) is 5.82 Å². The molecule has 0 aliphatic heterocycles. The smallest absolute Gasteiger partial charge is 0.423 e. The lowest BCUT2D eigenvalue weighted by atomic mass is 9.79. The van der Waals surface area contributed by atoms with E-state index < -0.39 is 18.8 Å². The van der Waals surface area contributed by atoms with Crippen molar-refractivity contribution >= 4 is 18.5 Å². The van der Waals surface area contributed by atoms with Crippen LogP contribution in [0.25, 0.3) is 0 Å². The summed E-state index contributed by atoms with van der Waals surface area (Å²) in [6, 6.07) is 4.10. The van der Waals surface area contributed by atoms with Gasteiger partial charge >= 0.3 is 7.12 Å². The second-order valence-corrected chi connectivity index (χ2v) is 3.83. The largest absolute Gasteiger partial charge is 0.491 e. The lowest BCUT2D eigenvalue weighted by Gasteiger charge is -2.07. The number of hydrogen-bond acceptors (Lipinski definition) is 3. The zero-order valence-electron chi connectivity index (χ0n) is 8.48. The molecular weight excluding hydrogens is 212 g/mol. The lowest BCUT2D eigenvalue weighted by Crippen LogP contribution is -2.36. The third-order valence-electron chi connectivity index (χ3n) is 2.46. The van der Waals surface area contributed by atoms with Crippen LogP contribution in [0.15, 0.2) is 18.2 Å². The van der Waals surface area contributed by atoms with Crippen molar-refractivity contribution in [1.29, 1.82) is 0 Å². The van der Waals surface area contributed by atoms with Gasteiger partial charge in [0.25, 0.3) is 5.91 Å². The molecule has 1 amide bonds. The Morgan fingerprint density at radius 3 is 2.69 bits per heavy atom. The molecule has 4 nitrogen and oxygen atoms in total. The molecule has 16 heavy (non-hydrogen) atoms. The third kappa shape index (κ3) is 2.23. The van der Waals surface area contributed by atoms with Gasteiger partial charge in [-0.15, -0.1) is 0 Å². The summed E-state index contributed by atoms with van der Waals surface area (Å²) in [5.74, 6) is -1.39. The Labute approximate surface area is 92.2 Å². The predicted octanol–water partition coefficient (Wildman–Crippen LogP) is -0.602. The van der Waals surface area contributed by atoms with Crippen molar-refractivity contribution in [3.05, 3.63) is 29.6 Å². The van der Waals surface area contributed by atoms with Crippen LogP contribution < -0.4 is 10.8 Å². The van der Waals surface area contributed by atoms with E-state index in [1.807, 2.05) is 0 Å². The van der Waals surface area contributed by atoms with E-state index in [4.69, 9.17) is 10.0 Å². The number of halogens is 1. The SMILES string of the molecule is O=C(NC1CC1)c1cccc(B(O)O)c1F. The van der Waals surface area contributed by atoms with Crippen molar-refractivity contribution in [2.45, 2.75) is 18.9 Å². The minimum atomic E-state index is -1.91. The molecule has 3 N–H and O–H groups in total. The van der Waals surface area contributed by atoms with E-state index in [0.29, 0.717) is 0 Å². The first-order chi connectivity index (χ1) is 7.59. The molecule has 1 aromatic rings. The molecule has 0 unspecified atom stereocenters. The Balaban J connectivity index is 2.25. The summed E-state index contributed by atoms with van der Waals surface area (Å²) in [4.78, 5) is 11.6. The highest BCUT2D eigenvalue weighted by Gasteiger charge is 2.27. The average Bonchev–Trinajstić information content (AvgIpc) is 3.01. The van der Waals surface area contributed by atoms with Gasteiger partial charge in [-0.25, -0.2) is 4.39 Å². The van der Waals surface area contributed by atoms with Crippen LogP contribution in [0.5, 0.6) is 0 Å². The lowest BCUT2D eigenvalue weighted by molar-refractivity contribution is 0.0947. The van der Waals surface area contributed by atoms with Gasteiger partial charge in [-0.1, -0.05) is 12.1 Å². The number of carbonyl (C=O) groups is 1. The monoisotopic (exact) mass is 223 g/mol. The van der Waals surface area contributed by atoms with Crippen molar-refractivity contribution in [2.24, 2.45) is 0 Å². The third-order valence-corrected chi connectivity index (χ3v) is 2.46. The highest BCUT2D eigenvalue weighted by atomic mass is 19.1. The van der Waals surface area contributed by atoms with Crippen LogP contribution in [-0.4, -0.2) is 29.1 Å². The molecule has 6 heteroatoms. The van der Waals surface area contributed by atoms with Crippen LogP contribution in [0.2, 0.25) is 0 Å². The first-order valence-electron chi connectivity index (χ1n) is 5.05. The van der Waals surface area contributed by atoms with Crippen LogP contribution in [0.1, 0.15) is 23.2 Å². The molecule has 1 aliphatic carbocycles. The van der Waals surface area contributed by atoms with Gasteiger partial charge in [0, 0.05) is 11.5 Å². The molecule has 1 aliphatic rings. The topological polar surface area (TPSA) is 69.6 Å². The van der Waals surface area contributed by atoms with E-state index in [2.05, 4.69) is 5.32 Å². The zero-order chi connectivity index (χ0) is 11.7. The summed E-state index contributed by atoms with van der Waals surface area (Å²) in [6.45, 7) is 0. The van der Waals surface area contributed by atoms with E-state index in [0.717, 1.165) is 12.8 Å². The number of nitrogens with one attached hydrogen (secondary N) is 1. The van der Waals surface area contributed by atoms with Crippen LogP contribution in [0.4, 0.5) is 4.39 Å². The molecule has 0 saturated heterocycles. The van der Waals surface area contributed by atoms with Gasteiger partial charge in [-0.2, -0.15) is 0 Å². The van der Waals surface area contributed by atoms with Gasteiger partial charge in [-0.3, -0.25) is 4.79 Å². The van der Waals surface area contributed by atoms with Crippen molar-refractivity contribution in [1.82, 2.24) is 5.32 Å². The Morgan fingerprint density at radius 2 is 2.12 bits per heavy atom. The summed E-state index contributed by atoms with van der Waals surface area (Å²) in [7, 11) is -1.91. The molecule has 84 valence electrons. The molecule has 1 fully saturated rings. The first kappa shape index (κ1) is 11.1. The molecule has 0 spiro atoms. The molecule has 0 bridgehead atoms. The zero-order valence-corrected chi connectivity index (χ0v) is 8.48. The number of amides is 1. The van der Waals surface area contributed by atoms with Gasteiger partial charge < -0.3 is 15.4 Å². The number of benzene rings is 1. The maximum atomic E-state index is 13.7. The quantitative estimate of drug-likeness (QED) is 0.599. The van der Waals surface area contributed by atoms with Crippen LogP contribution in [0.3, 0.4) is 0 Å². The van der Waals surface area contributed by atoms with E-state index in [9.17, 15) is 9.18 Å². The number of hydrogen-bond donors (Lipinski definition) is 3. The normalized spacial score (nSPS) is 14.7. The van der Waals surface area contributed by atoms with Crippen LogP contribution >= 0.6 is 0 Å². The average molecular weight is 223 g/mol. The Kier molecular flexibility index (Phi) is 2.94. The van der Waals surface area contributed by atoms with Gasteiger partial charge in [0.1, 0.15) is 5.82 Å². The molecule has 1 aromatic carbocycles. The van der Waals surface area contributed by atoms with E-state index in [-0.39, 0.29) is 17.1 Å². The molecule has 1 saturated carbocycles. The molecule has 0 atom stereocenters. The summed E-state index contributed by atoms with van der Waals surface area (Å²) in [6.07, 6.45) is 1.82. The minimum Gasteiger partial charge on any atom is -0.423 e. The Hall–Kier alpha value is -1.40. The summed E-state index contributed by atoms with van der Waals surface area (Å²) in [5.41, 5.74) is -0.444. The van der Waals surface area contributed by atoms with Crippen LogP contribution in [-0.2, 0) is 0 Å². The van der Waals surface area contributed by atoms with Crippen molar-refractivity contribution < 1.29 is 19.2 Å². The van der Waals surface area contributed by atoms with Crippen molar-refractivity contribution in [3.8, 4) is 0 Å². The van der Waals surface area contributed by atoms with E-state index >= 15 is 0 Å². The second kappa shape index (κ2) is 4.23. The molecule has 0 aromatic heterocycles. The van der Waals surface area contributed by atoms with Crippen molar-refractivity contribution in [3.63, 3.8) is 0 Å². The molecule has 2 rings (SSSR count). The van der Waals surface area contributed by atoms with Gasteiger partial charge in [0.15, 0.2) is 0 Å². The summed E-state index contributed by atoms with van der Waals surface area (Å²) >= 11 is 0. The Bertz CT molecular complexity index is 421. The number of rotatable bonds is 3.